The van der Waals surface area contributed by atoms with Crippen LogP contribution in [0.25, 0.3) is 11.3 Å². The lowest BCUT2D eigenvalue weighted by atomic mass is 10.2. The van der Waals surface area contributed by atoms with E-state index in [1.54, 1.807) is 54.6 Å². The average molecular weight is 301 g/mol. The third-order valence-corrected chi connectivity index (χ3v) is 3.93. The zero-order valence-corrected chi connectivity index (χ0v) is 11.7. The van der Waals surface area contributed by atoms with E-state index < -0.39 is 10.1 Å². The molecule has 0 aliphatic carbocycles. The minimum atomic E-state index is -4.05. The van der Waals surface area contributed by atoms with Gasteiger partial charge in [-0.3, -0.25) is 0 Å². The minimum Gasteiger partial charge on any atom is -0.442 e. The van der Waals surface area contributed by atoms with Crippen LogP contribution in [0.4, 0.5) is 0 Å². The quantitative estimate of drug-likeness (QED) is 0.692. The van der Waals surface area contributed by atoms with Gasteiger partial charge in [0.25, 0.3) is 0 Å². The van der Waals surface area contributed by atoms with E-state index in [1.807, 2.05) is 6.07 Å². The van der Waals surface area contributed by atoms with Crippen molar-refractivity contribution in [2.45, 2.75) is 5.03 Å². The molecule has 0 aliphatic heterocycles. The van der Waals surface area contributed by atoms with Gasteiger partial charge in [-0.1, -0.05) is 48.5 Å². The van der Waals surface area contributed by atoms with Crippen LogP contribution in [-0.2, 0) is 10.1 Å². The van der Waals surface area contributed by atoms with Gasteiger partial charge in [-0.25, -0.2) is 4.98 Å². The van der Waals surface area contributed by atoms with Gasteiger partial charge in [-0.2, -0.15) is 8.42 Å². The van der Waals surface area contributed by atoms with Gasteiger partial charge in [-0.05, 0) is 12.1 Å². The van der Waals surface area contributed by atoms with Gasteiger partial charge >= 0.3 is 10.1 Å². The summed E-state index contributed by atoms with van der Waals surface area (Å²) in [4.78, 5) is 3.78. The molecule has 0 bridgehead atoms. The molecule has 5 nitrogen and oxygen atoms in total. The highest BCUT2D eigenvalue weighted by Crippen LogP contribution is 2.28. The minimum absolute atomic E-state index is 0.159. The first-order chi connectivity index (χ1) is 10.2. The van der Waals surface area contributed by atoms with Crippen molar-refractivity contribution in [2.75, 3.05) is 0 Å². The monoisotopic (exact) mass is 301 g/mol. The van der Waals surface area contributed by atoms with Gasteiger partial charge < -0.3 is 8.60 Å². The molecule has 0 amide bonds. The predicted octanol–water partition coefficient (Wildman–Crippen LogP) is 3.11. The number of nitrogens with zero attached hydrogens (tertiary/aromatic N) is 1. The summed E-state index contributed by atoms with van der Waals surface area (Å²) >= 11 is 0. The molecular weight excluding hydrogens is 290 g/mol. The van der Waals surface area contributed by atoms with Crippen LogP contribution in [0.5, 0.6) is 5.75 Å². The van der Waals surface area contributed by atoms with Crippen LogP contribution in [-0.4, -0.2) is 13.4 Å². The van der Waals surface area contributed by atoms with Crippen molar-refractivity contribution in [3.8, 4) is 17.1 Å². The number of rotatable bonds is 4. The first-order valence-electron chi connectivity index (χ1n) is 6.15. The zero-order chi connectivity index (χ0) is 14.7. The molecule has 0 spiro atoms. The largest absolute Gasteiger partial charge is 0.442 e. The van der Waals surface area contributed by atoms with Crippen LogP contribution in [0, 0.1) is 0 Å². The molecule has 0 saturated heterocycles. The first-order valence-corrected chi connectivity index (χ1v) is 7.56. The normalized spacial score (nSPS) is 11.2. The average Bonchev–Trinajstić information content (AvgIpc) is 2.99. The van der Waals surface area contributed by atoms with E-state index >= 15 is 0 Å². The summed E-state index contributed by atoms with van der Waals surface area (Å²) in [6.45, 7) is 0. The molecule has 3 rings (SSSR count). The van der Waals surface area contributed by atoms with Crippen LogP contribution in [0.15, 0.2) is 76.5 Å². The summed E-state index contributed by atoms with van der Waals surface area (Å²) in [5, 5.41) is -0.238. The van der Waals surface area contributed by atoms with E-state index in [0.717, 1.165) is 6.39 Å². The van der Waals surface area contributed by atoms with Crippen molar-refractivity contribution >= 4 is 10.1 Å². The van der Waals surface area contributed by atoms with Crippen molar-refractivity contribution in [3.63, 3.8) is 0 Å². The van der Waals surface area contributed by atoms with Crippen molar-refractivity contribution in [2.24, 2.45) is 0 Å². The van der Waals surface area contributed by atoms with Crippen molar-refractivity contribution < 1.29 is 17.0 Å². The SMILES string of the molecule is O=S(=O)(Oc1ccccc1)c1ncoc1-c1ccccc1. The summed E-state index contributed by atoms with van der Waals surface area (Å²) in [5.74, 6) is 0.381. The Hall–Kier alpha value is -2.60. The van der Waals surface area contributed by atoms with E-state index in [-0.39, 0.29) is 16.5 Å². The Morgan fingerprint density at radius 2 is 1.52 bits per heavy atom. The van der Waals surface area contributed by atoms with Gasteiger partial charge in [0, 0.05) is 5.56 Å². The highest BCUT2D eigenvalue weighted by molar-refractivity contribution is 7.87. The number of para-hydroxylation sites is 1. The number of hydrogen-bond acceptors (Lipinski definition) is 5. The highest BCUT2D eigenvalue weighted by atomic mass is 32.2. The molecule has 1 heterocycles. The van der Waals surface area contributed by atoms with E-state index in [2.05, 4.69) is 4.98 Å². The number of hydrogen-bond donors (Lipinski definition) is 0. The summed E-state index contributed by atoms with van der Waals surface area (Å²) in [7, 11) is -4.05. The second kappa shape index (κ2) is 5.41. The summed E-state index contributed by atoms with van der Waals surface area (Å²) < 4.78 is 34.9. The summed E-state index contributed by atoms with van der Waals surface area (Å²) in [6.07, 6.45) is 1.09. The topological polar surface area (TPSA) is 69.4 Å². The maximum absolute atomic E-state index is 12.3. The highest BCUT2D eigenvalue weighted by Gasteiger charge is 2.26. The van der Waals surface area contributed by atoms with Crippen LogP contribution in [0.2, 0.25) is 0 Å². The maximum Gasteiger partial charge on any atom is 0.360 e. The molecule has 1 aromatic heterocycles. The fraction of sp³-hybridized carbons (Fsp3) is 0. The second-order valence-electron chi connectivity index (χ2n) is 4.20. The molecule has 6 heteroatoms. The third-order valence-electron chi connectivity index (χ3n) is 2.76. The lowest BCUT2D eigenvalue weighted by Gasteiger charge is -2.05. The standard InChI is InChI=1S/C15H11NO4S/c17-21(18,20-13-9-5-2-6-10-13)15-14(19-11-16-15)12-7-3-1-4-8-12/h1-11H. The lowest BCUT2D eigenvalue weighted by molar-refractivity contribution is 0.482. The molecule has 0 aliphatic rings. The Kier molecular flexibility index (Phi) is 3.45. The van der Waals surface area contributed by atoms with Crippen LogP contribution < -0.4 is 4.18 Å². The molecular formula is C15H11NO4S. The second-order valence-corrected chi connectivity index (χ2v) is 5.66. The Morgan fingerprint density at radius 3 is 2.19 bits per heavy atom. The van der Waals surface area contributed by atoms with E-state index in [4.69, 9.17) is 8.60 Å². The molecule has 106 valence electrons. The van der Waals surface area contributed by atoms with Crippen LogP contribution in [0.3, 0.4) is 0 Å². The van der Waals surface area contributed by atoms with E-state index in [9.17, 15) is 8.42 Å². The Labute approximate surface area is 122 Å². The fourth-order valence-corrected chi connectivity index (χ4v) is 2.85. The molecule has 0 saturated carbocycles. The molecule has 0 radical (unpaired) electrons. The smallest absolute Gasteiger partial charge is 0.360 e. The molecule has 2 aromatic carbocycles. The molecule has 0 unspecified atom stereocenters. The van der Waals surface area contributed by atoms with Crippen LogP contribution in [0.1, 0.15) is 0 Å². The number of aromatic nitrogens is 1. The first kappa shape index (κ1) is 13.4. The lowest BCUT2D eigenvalue weighted by Crippen LogP contribution is -2.11. The molecule has 0 fully saturated rings. The van der Waals surface area contributed by atoms with Crippen molar-refractivity contribution in [1.29, 1.82) is 0 Å². The predicted molar refractivity (Wildman–Crippen MR) is 76.2 cm³/mol. The molecule has 0 atom stereocenters. The molecule has 21 heavy (non-hydrogen) atoms. The molecule has 3 aromatic rings. The number of benzene rings is 2. The molecule has 0 N–H and O–H groups in total. The van der Waals surface area contributed by atoms with Gasteiger partial charge in [0.2, 0.25) is 5.03 Å². The van der Waals surface area contributed by atoms with E-state index in [0.29, 0.717) is 5.56 Å². The Bertz CT molecular complexity index is 826. The third kappa shape index (κ3) is 2.80. The summed E-state index contributed by atoms with van der Waals surface area (Å²) in [6, 6.07) is 17.1. The summed E-state index contributed by atoms with van der Waals surface area (Å²) in [5.41, 5.74) is 0.616. The zero-order valence-electron chi connectivity index (χ0n) is 10.8. The Balaban J connectivity index is 2.00. The maximum atomic E-state index is 12.3. The van der Waals surface area contributed by atoms with Crippen molar-refractivity contribution in [1.82, 2.24) is 4.98 Å². The van der Waals surface area contributed by atoms with Crippen molar-refractivity contribution in [3.05, 3.63) is 67.1 Å². The van der Waals surface area contributed by atoms with Gasteiger partial charge in [0.15, 0.2) is 12.2 Å². The van der Waals surface area contributed by atoms with E-state index in [1.165, 1.54) is 0 Å². The number of oxazole rings is 1. The van der Waals surface area contributed by atoms with Crippen LogP contribution >= 0.6 is 0 Å². The van der Waals surface area contributed by atoms with Gasteiger partial charge in [0.1, 0.15) is 5.75 Å². The Morgan fingerprint density at radius 1 is 0.905 bits per heavy atom. The van der Waals surface area contributed by atoms with Gasteiger partial charge in [0.05, 0.1) is 0 Å². The van der Waals surface area contributed by atoms with Gasteiger partial charge in [-0.15, -0.1) is 0 Å². The fourth-order valence-electron chi connectivity index (χ4n) is 1.84.